The molecule has 806 valence electrons. The van der Waals surface area contributed by atoms with Crippen LogP contribution in [0, 0.1) is 16.7 Å². The molecule has 20 atom stereocenters. The van der Waals surface area contributed by atoms with Crippen molar-refractivity contribution in [3.05, 3.63) is 0 Å². The van der Waals surface area contributed by atoms with E-state index >= 15 is 0 Å². The first-order valence-electron chi connectivity index (χ1n) is 47.4. The molecule has 1 aliphatic rings. The van der Waals surface area contributed by atoms with Crippen LogP contribution in [0.4, 0.5) is 0 Å². The van der Waals surface area contributed by atoms with Crippen LogP contribution in [0.25, 0.3) is 0 Å². The molecule has 57 heteroatoms. The Morgan fingerprint density at radius 2 is 0.676 bits per heavy atom. The van der Waals surface area contributed by atoms with Gasteiger partial charge in [0.25, 0.3) is 0 Å². The van der Waals surface area contributed by atoms with Crippen LogP contribution in [-0.4, -0.2) is 353 Å². The molecule has 1 aliphatic heterocycles. The number of nitrogens with two attached hydrogens (primary N) is 9. The summed E-state index contributed by atoms with van der Waals surface area (Å²) in [6.45, 7) is 8.20. The van der Waals surface area contributed by atoms with Crippen LogP contribution in [0.5, 0.6) is 0 Å². The Hall–Kier alpha value is -12.9. The number of hydrogen-bond acceptors (Lipinski definition) is 32. The molecule has 0 aliphatic carbocycles. The molecule has 142 heavy (non-hydrogen) atoms. The number of amides is 20. The highest BCUT2D eigenvalue weighted by molar-refractivity contribution is 6.02. The van der Waals surface area contributed by atoms with Crippen molar-refractivity contribution in [3.8, 4) is 0 Å². The van der Waals surface area contributed by atoms with E-state index in [-0.39, 0.29) is 154 Å². The molecule has 0 spiro atoms. The van der Waals surface area contributed by atoms with Gasteiger partial charge in [-0.2, -0.15) is 0 Å². The van der Waals surface area contributed by atoms with Crippen LogP contribution < -0.4 is 153 Å². The summed E-state index contributed by atoms with van der Waals surface area (Å²) in [4.78, 5) is 286. The summed E-state index contributed by atoms with van der Waals surface area (Å²) >= 11 is 0. The lowest BCUT2D eigenvalue weighted by atomic mass is 10.0. The Kier molecular flexibility index (Phi) is 61.1. The Bertz CT molecular complexity index is 4190. The Morgan fingerprint density at radius 1 is 0.345 bits per heavy atom. The largest absolute Gasteiger partial charge is 0.480 e. The van der Waals surface area contributed by atoms with E-state index in [0.717, 1.165) is 25.7 Å². The van der Waals surface area contributed by atoms with Gasteiger partial charge in [-0.25, -0.2) is 4.79 Å². The summed E-state index contributed by atoms with van der Waals surface area (Å²) in [5.74, 6) is -22.4. The molecule has 44 N–H and O–H groups in total. The minimum absolute atomic E-state index is 0.00198. The van der Waals surface area contributed by atoms with Crippen molar-refractivity contribution in [2.75, 3.05) is 65.5 Å². The van der Waals surface area contributed by atoms with E-state index in [1.54, 1.807) is 13.8 Å². The maximum absolute atomic E-state index is 14.6. The molecule has 1 rings (SSSR count). The first kappa shape index (κ1) is 127. The molecule has 57 nitrogen and oxygen atoms in total. The molecule has 20 amide bonds. The average Bonchev–Trinajstić information content (AvgIpc) is 1.67. The maximum atomic E-state index is 14.6. The van der Waals surface area contributed by atoms with E-state index in [9.17, 15) is 126 Å². The van der Waals surface area contributed by atoms with Crippen molar-refractivity contribution in [2.24, 2.45) is 57.5 Å². The van der Waals surface area contributed by atoms with Crippen molar-refractivity contribution < 1.29 is 126 Å². The lowest BCUT2D eigenvalue weighted by Gasteiger charge is -2.30. The Morgan fingerprint density at radius 3 is 1.11 bits per heavy atom. The SMILES string of the molecule is CC(C)C[C@H](NC(=O)[C@H](CCC(N)=O)NC(=O)[C@H](CCCCN)NC(=O)[C@H](CCCNC(=N)N)NC(=O)[C@@H]1CCCN1C(=O)[C@H](C)NC(=O)[C@H](CCCCN)NC(=O)CNC(=O)CNC(=O)[C@@H](NC(=O)[C@H](CO)NC(=O)[C@H](CCCCN)NC(=O)[C@H](CCCNC(=N)N)NC(=O)[C@H](C)NC(=O)[C@@H](NC(=O)[C@@H](N)CCC(N)=O)[C@@H](C)O)[C@@H](C)O)C(=O)N[C@@H](C)C(=O)N[C@H](C(=O)N[C@@H](CCCCN)C(=O)O)[C@@H](C)O. The topological polar surface area (TPSA) is 973 Å². The summed E-state index contributed by atoms with van der Waals surface area (Å²) < 4.78 is 0. The van der Waals surface area contributed by atoms with Crippen LogP contribution >= 0.6 is 0 Å². The third-order valence-electron chi connectivity index (χ3n) is 22.2. The average molecular weight is 2030 g/mol. The second kappa shape index (κ2) is 68.2. The first-order chi connectivity index (χ1) is 66.8. The summed E-state index contributed by atoms with van der Waals surface area (Å²) in [5, 5.41) is 113. The number of hydrogen-bond donors (Lipinski definition) is 35. The van der Waals surface area contributed by atoms with Crippen molar-refractivity contribution >= 4 is 136 Å². The van der Waals surface area contributed by atoms with Gasteiger partial charge in [0.1, 0.15) is 96.7 Å². The van der Waals surface area contributed by atoms with Gasteiger partial charge in [-0.15, -0.1) is 0 Å². The summed E-state index contributed by atoms with van der Waals surface area (Å²) in [6.07, 6.45) is -4.45. The Balaban J connectivity index is 3.40. The maximum Gasteiger partial charge on any atom is 0.326 e. The number of unbranched alkanes of at least 4 members (excludes halogenated alkanes) is 4. The number of carboxylic acids is 1. The van der Waals surface area contributed by atoms with Gasteiger partial charge < -0.3 is 183 Å². The van der Waals surface area contributed by atoms with E-state index in [0.29, 0.717) is 32.1 Å². The quantitative estimate of drug-likeness (QED) is 0.0153. The molecule has 0 radical (unpaired) electrons. The number of rotatable bonds is 72. The number of aliphatic carboxylic acids is 1. The highest BCUT2D eigenvalue weighted by atomic mass is 16.4. The van der Waals surface area contributed by atoms with Gasteiger partial charge in [0.2, 0.25) is 118 Å². The number of aliphatic hydroxyl groups excluding tert-OH is 4. The number of likely N-dealkylation sites (tertiary alicyclic amines) is 1. The van der Waals surface area contributed by atoms with Gasteiger partial charge in [0.15, 0.2) is 11.9 Å². The number of nitrogens with zero attached hydrogens (tertiary/aromatic N) is 1. The van der Waals surface area contributed by atoms with Crippen LogP contribution in [-0.2, 0) is 101 Å². The highest BCUT2D eigenvalue weighted by Gasteiger charge is 2.42. The molecule has 0 saturated carbocycles. The van der Waals surface area contributed by atoms with Gasteiger partial charge in [0, 0.05) is 32.5 Å². The molecule has 0 aromatic heterocycles. The van der Waals surface area contributed by atoms with Crippen LogP contribution in [0.15, 0.2) is 0 Å². The fourth-order valence-electron chi connectivity index (χ4n) is 14.1. The van der Waals surface area contributed by atoms with Crippen LogP contribution in [0.1, 0.15) is 203 Å². The number of primary amides is 2. The van der Waals surface area contributed by atoms with Crippen LogP contribution in [0.2, 0.25) is 0 Å². The zero-order valence-corrected chi connectivity index (χ0v) is 81.9. The molecular formula is C85H155N31O26. The third kappa shape index (κ3) is 49.9. The Labute approximate surface area is 822 Å². The second-order valence-electron chi connectivity index (χ2n) is 35.0. The van der Waals surface area contributed by atoms with Gasteiger partial charge in [-0.1, -0.05) is 13.8 Å². The number of aliphatic hydroxyl groups is 4. The van der Waals surface area contributed by atoms with E-state index in [1.807, 2.05) is 0 Å². The molecule has 1 heterocycles. The second-order valence-corrected chi connectivity index (χ2v) is 35.0. The molecule has 0 aromatic rings. The standard InChI is InChI=1S/C85H155N31O26/c1-42(2)38-57(76(134)101-44(4)68(126)113-66(48(8)120)81(139)110-56(83(141)142)23-12-16-34-89)111-75(133)55(28-30-61(92)122)108-71(129)51(21-10-14-32-87)106-73(131)54(25-18-36-98-85(95)96)109-78(136)59-26-19-37-116(59)82(140)45(5)103-70(128)50(20-9-13-31-86)104-63(124)40-99-62(123)39-100-79(137)64(46(6)118)115-77(135)58(41-117)112-74(132)52(22-11-15-33-88)107-72(130)53(24-17-35-97-84(93)94)105-67(125)43(3)102-80(138)65(47(7)119)114-69(127)49(90)27-29-60(91)121/h42-59,64-66,117-120H,9-41,86-90H2,1-8H3,(H2,91,121)(H2,92,122)(H,99,123)(H,100,137)(H,101,134)(H,102,138)(H,103,128)(H,104,124)(H,105,125)(H,106,131)(H,107,130)(H,108,129)(H,109,136)(H,110,139)(H,111,133)(H,112,132)(H,113,126)(H,114,127)(H,115,135)(H,141,142)(H4,93,94,97)(H4,95,96,98)/t43-,44-,45-,46+,47+,48+,49-,50-,51-,52-,53-,54-,55-,56-,57-,58-,59-,64-,65-,66-/m0/s1. The number of carboxylic acid groups (broad SMARTS) is 1. The van der Waals surface area contributed by atoms with Crippen molar-refractivity contribution in [1.29, 1.82) is 10.8 Å². The molecule has 0 aromatic carbocycles. The molecule has 1 saturated heterocycles. The fourth-order valence-corrected chi connectivity index (χ4v) is 14.1. The number of guanidine groups is 2. The summed E-state index contributed by atoms with van der Waals surface area (Å²) in [5.41, 5.74) is 50.2. The van der Waals surface area contributed by atoms with Gasteiger partial charge in [-0.05, 0) is 208 Å². The first-order valence-corrected chi connectivity index (χ1v) is 47.4. The predicted octanol–water partition coefficient (Wildman–Crippen LogP) is -14.3. The molecule has 1 fully saturated rings. The van der Waals surface area contributed by atoms with Gasteiger partial charge >= 0.3 is 5.97 Å². The van der Waals surface area contributed by atoms with Crippen molar-refractivity contribution in [1.82, 2.24) is 106 Å². The van der Waals surface area contributed by atoms with E-state index in [1.165, 1.54) is 20.8 Å². The van der Waals surface area contributed by atoms with E-state index in [2.05, 4.69) is 101 Å². The highest BCUT2D eigenvalue weighted by Crippen LogP contribution is 2.21. The fraction of sp³-hybridized carbons (Fsp3) is 0.729. The monoisotopic (exact) mass is 2030 g/mol. The lowest BCUT2D eigenvalue weighted by Crippen LogP contribution is -2.61. The minimum atomic E-state index is -1.91. The number of nitrogens with one attached hydrogen (secondary N) is 21. The van der Waals surface area contributed by atoms with E-state index in [4.69, 9.17) is 62.4 Å². The molecule has 0 unspecified atom stereocenters. The normalized spacial score (nSPS) is 16.2. The lowest BCUT2D eigenvalue weighted by molar-refractivity contribution is -0.143. The number of carbonyl (C=O) groups is 21. The van der Waals surface area contributed by atoms with Crippen molar-refractivity contribution in [3.63, 3.8) is 0 Å². The zero-order chi connectivity index (χ0) is 108. The minimum Gasteiger partial charge on any atom is -0.480 e. The summed E-state index contributed by atoms with van der Waals surface area (Å²) in [6, 6.07) is -26.1. The van der Waals surface area contributed by atoms with Crippen molar-refractivity contribution in [2.45, 2.75) is 324 Å². The zero-order valence-electron chi connectivity index (χ0n) is 81.9. The number of carbonyl (C=O) groups excluding carboxylic acids is 20. The smallest absolute Gasteiger partial charge is 0.326 e. The van der Waals surface area contributed by atoms with Gasteiger partial charge in [0.05, 0.1) is 44.1 Å². The summed E-state index contributed by atoms with van der Waals surface area (Å²) in [7, 11) is 0. The van der Waals surface area contributed by atoms with Gasteiger partial charge in [-0.3, -0.25) is 107 Å². The predicted molar refractivity (Wildman–Crippen MR) is 511 cm³/mol. The van der Waals surface area contributed by atoms with E-state index < -0.39 is 290 Å². The van der Waals surface area contributed by atoms with Crippen LogP contribution in [0.3, 0.4) is 0 Å². The molecule has 0 bridgehead atoms. The molecular weight excluding hydrogens is 1870 g/mol. The third-order valence-corrected chi connectivity index (χ3v) is 22.2.